The van der Waals surface area contributed by atoms with Crippen molar-refractivity contribution in [3.05, 3.63) is 70.8 Å². The molecule has 22 heavy (non-hydrogen) atoms. The van der Waals surface area contributed by atoms with Gasteiger partial charge in [-0.2, -0.15) is 0 Å². The highest BCUT2D eigenvalue weighted by Crippen LogP contribution is 2.78. The summed E-state index contributed by atoms with van der Waals surface area (Å²) in [5.74, 6) is 1.89. The molecule has 112 valence electrons. The van der Waals surface area contributed by atoms with Gasteiger partial charge in [-0.3, -0.25) is 0 Å². The van der Waals surface area contributed by atoms with Crippen LogP contribution in [-0.4, -0.2) is 0 Å². The molecule has 2 aromatic rings. The van der Waals surface area contributed by atoms with Crippen molar-refractivity contribution in [1.82, 2.24) is 0 Å². The molecule has 3 fully saturated rings. The highest BCUT2D eigenvalue weighted by Gasteiger charge is 2.73. The zero-order valence-electron chi connectivity index (χ0n) is 13.6. The highest BCUT2D eigenvalue weighted by molar-refractivity contribution is 5.48. The van der Waals surface area contributed by atoms with E-state index in [1.165, 1.54) is 36.8 Å². The Hall–Kier alpha value is -1.56. The molecule has 0 nitrogen and oxygen atoms in total. The molecule has 0 saturated heterocycles. The summed E-state index contributed by atoms with van der Waals surface area (Å²) in [6, 6.07) is 18.3. The number of hydrogen-bond acceptors (Lipinski definition) is 0. The molecule has 2 aromatic carbocycles. The summed E-state index contributed by atoms with van der Waals surface area (Å²) in [7, 11) is 0. The van der Waals surface area contributed by atoms with E-state index in [-0.39, 0.29) is 0 Å². The Labute approximate surface area is 133 Å². The Bertz CT molecular complexity index is 693. The van der Waals surface area contributed by atoms with Gasteiger partial charge >= 0.3 is 0 Å². The minimum absolute atomic E-state index is 0.540. The quantitative estimate of drug-likeness (QED) is 0.702. The molecule has 0 heterocycles. The molecule has 0 radical (unpaired) electrons. The number of benzene rings is 2. The van der Waals surface area contributed by atoms with E-state index in [4.69, 9.17) is 0 Å². The van der Waals surface area contributed by atoms with Crippen LogP contribution in [0.25, 0.3) is 0 Å². The standard InChI is InChI=1S/C22H24/c1-15-7-3-5-9-17(15)21-11-12-22(14-20(22)19(21)13-21)18-10-6-4-8-16(18)2/h3-10,19-20H,11-14H2,1-2H3/t19-,20-,21-,22-/m0/s1. The SMILES string of the molecule is Cc1ccccc1[C@@]12CC[C@@]3(c4ccccc4C)C[C@H]3[C@@H]1C2. The van der Waals surface area contributed by atoms with Crippen LogP contribution < -0.4 is 0 Å². The average Bonchev–Trinajstić information content (AvgIpc) is 3.40. The zero-order chi connectivity index (χ0) is 14.9. The Balaban J connectivity index is 1.50. The fourth-order valence-electron chi connectivity index (χ4n) is 5.89. The molecule has 0 heteroatoms. The number of fused-ring (bicyclic) bond motifs is 3. The topological polar surface area (TPSA) is 0 Å². The molecule has 0 amide bonds. The van der Waals surface area contributed by atoms with Crippen LogP contribution in [0.4, 0.5) is 0 Å². The smallest absolute Gasteiger partial charge is 0.000947 e. The Morgan fingerprint density at radius 2 is 1.09 bits per heavy atom. The van der Waals surface area contributed by atoms with Crippen LogP contribution in [0.5, 0.6) is 0 Å². The van der Waals surface area contributed by atoms with Crippen molar-refractivity contribution >= 4 is 0 Å². The lowest BCUT2D eigenvalue weighted by atomic mass is 9.73. The first kappa shape index (κ1) is 12.9. The van der Waals surface area contributed by atoms with Gasteiger partial charge in [-0.05, 0) is 84.5 Å². The summed E-state index contributed by atoms with van der Waals surface area (Å²) in [6.45, 7) is 4.60. The van der Waals surface area contributed by atoms with E-state index in [2.05, 4.69) is 62.4 Å². The van der Waals surface area contributed by atoms with E-state index >= 15 is 0 Å². The second-order valence-corrected chi connectivity index (χ2v) is 8.06. The van der Waals surface area contributed by atoms with Crippen LogP contribution in [0.15, 0.2) is 48.5 Å². The molecule has 3 saturated carbocycles. The van der Waals surface area contributed by atoms with Gasteiger partial charge in [0.1, 0.15) is 0 Å². The summed E-state index contributed by atoms with van der Waals surface area (Å²) in [5, 5.41) is 0. The minimum Gasteiger partial charge on any atom is -0.0620 e. The monoisotopic (exact) mass is 288 g/mol. The normalized spacial score (nSPS) is 38.1. The first-order chi connectivity index (χ1) is 10.7. The molecule has 0 unspecified atom stereocenters. The predicted molar refractivity (Wildman–Crippen MR) is 91.2 cm³/mol. The van der Waals surface area contributed by atoms with Gasteiger partial charge in [0.05, 0.1) is 0 Å². The summed E-state index contributed by atoms with van der Waals surface area (Å²) < 4.78 is 0. The van der Waals surface area contributed by atoms with Crippen LogP contribution in [0, 0.1) is 25.7 Å². The van der Waals surface area contributed by atoms with Crippen molar-refractivity contribution in [2.24, 2.45) is 11.8 Å². The Morgan fingerprint density at radius 3 is 1.50 bits per heavy atom. The zero-order valence-corrected chi connectivity index (χ0v) is 13.6. The maximum Gasteiger partial charge on any atom is -0.000947 e. The van der Waals surface area contributed by atoms with E-state index in [9.17, 15) is 0 Å². The third-order valence-electron chi connectivity index (χ3n) is 7.13. The molecule has 0 N–H and O–H groups in total. The molecule has 4 atom stereocenters. The van der Waals surface area contributed by atoms with Crippen LogP contribution >= 0.6 is 0 Å². The Kier molecular flexibility index (Phi) is 2.38. The Morgan fingerprint density at radius 1 is 0.682 bits per heavy atom. The molecule has 0 spiro atoms. The van der Waals surface area contributed by atoms with E-state index in [0.717, 1.165) is 11.8 Å². The first-order valence-electron chi connectivity index (χ1n) is 8.80. The van der Waals surface area contributed by atoms with Gasteiger partial charge in [-0.25, -0.2) is 0 Å². The second kappa shape index (κ2) is 4.04. The van der Waals surface area contributed by atoms with Crippen molar-refractivity contribution in [2.45, 2.75) is 50.4 Å². The fourth-order valence-corrected chi connectivity index (χ4v) is 5.89. The maximum atomic E-state index is 2.40. The average molecular weight is 288 g/mol. The van der Waals surface area contributed by atoms with Crippen LogP contribution in [0.1, 0.15) is 47.9 Å². The van der Waals surface area contributed by atoms with Crippen molar-refractivity contribution in [1.29, 1.82) is 0 Å². The fraction of sp³-hybridized carbons (Fsp3) is 0.455. The molecular weight excluding hydrogens is 264 g/mol. The molecule has 3 aliphatic carbocycles. The third-order valence-corrected chi connectivity index (χ3v) is 7.13. The number of aryl methyl sites for hydroxylation is 2. The molecule has 0 aromatic heterocycles. The first-order valence-corrected chi connectivity index (χ1v) is 8.80. The lowest BCUT2D eigenvalue weighted by Crippen LogP contribution is -2.25. The van der Waals surface area contributed by atoms with Gasteiger partial charge in [-0.15, -0.1) is 0 Å². The van der Waals surface area contributed by atoms with Gasteiger partial charge in [0.2, 0.25) is 0 Å². The lowest BCUT2D eigenvalue weighted by Gasteiger charge is -2.30. The van der Waals surface area contributed by atoms with Gasteiger partial charge in [-0.1, -0.05) is 48.5 Å². The van der Waals surface area contributed by atoms with Gasteiger partial charge in [0, 0.05) is 0 Å². The van der Waals surface area contributed by atoms with Crippen molar-refractivity contribution < 1.29 is 0 Å². The maximum absolute atomic E-state index is 2.40. The summed E-state index contributed by atoms with van der Waals surface area (Å²) in [5.41, 5.74) is 7.41. The van der Waals surface area contributed by atoms with Crippen LogP contribution in [0.2, 0.25) is 0 Å². The van der Waals surface area contributed by atoms with Gasteiger partial charge in [0.15, 0.2) is 0 Å². The molecule has 5 rings (SSSR count). The number of hydrogen-bond donors (Lipinski definition) is 0. The summed E-state index contributed by atoms with van der Waals surface area (Å²) in [4.78, 5) is 0. The van der Waals surface area contributed by atoms with Crippen LogP contribution in [0.3, 0.4) is 0 Å². The van der Waals surface area contributed by atoms with E-state index in [0.29, 0.717) is 10.8 Å². The van der Waals surface area contributed by atoms with E-state index < -0.39 is 0 Å². The molecule has 0 aliphatic heterocycles. The lowest BCUT2D eigenvalue weighted by molar-refractivity contribution is 0.370. The van der Waals surface area contributed by atoms with E-state index in [1.807, 2.05) is 0 Å². The summed E-state index contributed by atoms with van der Waals surface area (Å²) in [6.07, 6.45) is 5.67. The minimum atomic E-state index is 0.540. The largest absolute Gasteiger partial charge is 0.0620 e. The van der Waals surface area contributed by atoms with Crippen molar-refractivity contribution in [3.63, 3.8) is 0 Å². The summed E-state index contributed by atoms with van der Waals surface area (Å²) >= 11 is 0. The highest BCUT2D eigenvalue weighted by atomic mass is 14.8. The predicted octanol–water partition coefficient (Wildman–Crippen LogP) is 5.31. The van der Waals surface area contributed by atoms with Crippen molar-refractivity contribution in [2.75, 3.05) is 0 Å². The molecule has 0 bridgehead atoms. The second-order valence-electron chi connectivity index (χ2n) is 8.06. The van der Waals surface area contributed by atoms with Crippen molar-refractivity contribution in [3.8, 4) is 0 Å². The molecular formula is C22H24. The molecule has 3 aliphatic rings. The third kappa shape index (κ3) is 1.49. The van der Waals surface area contributed by atoms with Gasteiger partial charge < -0.3 is 0 Å². The van der Waals surface area contributed by atoms with Crippen LogP contribution in [-0.2, 0) is 10.8 Å². The van der Waals surface area contributed by atoms with E-state index in [1.54, 1.807) is 11.1 Å². The van der Waals surface area contributed by atoms with Gasteiger partial charge in [0.25, 0.3) is 0 Å². The number of rotatable bonds is 2.